The van der Waals surface area contributed by atoms with Crippen molar-refractivity contribution in [1.82, 2.24) is 4.90 Å². The number of nitrogens with zero attached hydrogens (tertiary/aromatic N) is 1. The Labute approximate surface area is 164 Å². The molecule has 2 rings (SSSR count). The highest BCUT2D eigenvalue weighted by Crippen LogP contribution is 2.22. The van der Waals surface area contributed by atoms with Crippen LogP contribution in [0.1, 0.15) is 44.6 Å². The fourth-order valence-electron chi connectivity index (χ4n) is 3.38. The number of hydrogen-bond acceptors (Lipinski definition) is 5. The molecule has 27 heavy (non-hydrogen) atoms. The molecule has 0 spiro atoms. The maximum atomic E-state index is 12.4. The van der Waals surface area contributed by atoms with E-state index in [1.165, 1.54) is 0 Å². The highest BCUT2D eigenvalue weighted by Gasteiger charge is 2.27. The number of hydrogen-bond donors (Lipinski definition) is 2. The smallest absolute Gasteiger partial charge is 0.450 e. The molecule has 1 amide bonds. The Hall–Kier alpha value is -1.86. The van der Waals surface area contributed by atoms with Crippen molar-refractivity contribution in [2.24, 2.45) is 5.92 Å². The number of likely N-dealkylation sites (tertiary alicyclic amines) is 1. The first-order valence-corrected chi connectivity index (χ1v) is 10.4. The number of ether oxygens (including phenoxy) is 1. The van der Waals surface area contributed by atoms with Gasteiger partial charge >= 0.3 is 6.16 Å². The molecule has 1 aliphatic rings. The van der Waals surface area contributed by atoms with Crippen LogP contribution in [-0.4, -0.2) is 52.5 Å². The van der Waals surface area contributed by atoms with Crippen molar-refractivity contribution in [2.75, 3.05) is 13.2 Å². The molecule has 1 aromatic heterocycles. The van der Waals surface area contributed by atoms with Crippen molar-refractivity contribution in [3.8, 4) is 0 Å². The molecule has 0 aromatic carbocycles. The van der Waals surface area contributed by atoms with Crippen LogP contribution in [-0.2, 0) is 16.0 Å². The molecule has 1 fully saturated rings. The second kappa shape index (κ2) is 11.1. The molecular weight excluding hydrogens is 366 g/mol. The molecule has 0 radical (unpaired) electrons. The summed E-state index contributed by atoms with van der Waals surface area (Å²) in [5, 5.41) is 22.7. The molecule has 6 nitrogen and oxygen atoms in total. The Bertz CT molecular complexity index is 616. The molecule has 0 bridgehead atoms. The Morgan fingerprint density at radius 2 is 2.33 bits per heavy atom. The number of piperidine rings is 1. The minimum atomic E-state index is -1.25. The highest BCUT2D eigenvalue weighted by molar-refractivity contribution is 7.07. The summed E-state index contributed by atoms with van der Waals surface area (Å²) in [6, 6.07) is 2.02. The van der Waals surface area contributed by atoms with Crippen molar-refractivity contribution in [1.29, 1.82) is 0 Å². The van der Waals surface area contributed by atoms with Gasteiger partial charge in [-0.3, -0.25) is 4.79 Å². The molecule has 150 valence electrons. The molecule has 1 unspecified atom stereocenters. The van der Waals surface area contributed by atoms with Gasteiger partial charge in [0.25, 0.3) is 0 Å². The number of amides is 1. The Kier molecular flexibility index (Phi) is 8.81. The predicted molar refractivity (Wildman–Crippen MR) is 105 cm³/mol. The van der Waals surface area contributed by atoms with Crippen LogP contribution in [0.4, 0.5) is 4.79 Å². The molecule has 3 atom stereocenters. The third-order valence-electron chi connectivity index (χ3n) is 4.77. The van der Waals surface area contributed by atoms with Crippen molar-refractivity contribution < 1.29 is 24.5 Å². The lowest BCUT2D eigenvalue weighted by molar-refractivity contribution is -0.135. The van der Waals surface area contributed by atoms with Gasteiger partial charge in [-0.1, -0.05) is 19.1 Å². The van der Waals surface area contributed by atoms with Gasteiger partial charge in [-0.05, 0) is 54.0 Å². The number of carbonyl (C=O) groups excluding carboxylic acids is 1. The zero-order chi connectivity index (χ0) is 19.6. The van der Waals surface area contributed by atoms with Gasteiger partial charge in [0, 0.05) is 19.4 Å². The fourth-order valence-corrected chi connectivity index (χ4v) is 4.06. The van der Waals surface area contributed by atoms with E-state index in [0.717, 1.165) is 24.8 Å². The van der Waals surface area contributed by atoms with E-state index in [0.29, 0.717) is 25.8 Å². The highest BCUT2D eigenvalue weighted by atomic mass is 32.1. The van der Waals surface area contributed by atoms with Gasteiger partial charge < -0.3 is 19.8 Å². The van der Waals surface area contributed by atoms with Gasteiger partial charge in [-0.15, -0.1) is 0 Å². The summed E-state index contributed by atoms with van der Waals surface area (Å²) >= 11 is 1.62. The van der Waals surface area contributed by atoms with Crippen LogP contribution in [0.2, 0.25) is 0 Å². The maximum Gasteiger partial charge on any atom is 0.505 e. The molecule has 2 N–H and O–H groups in total. The van der Waals surface area contributed by atoms with Crippen LogP contribution in [0, 0.1) is 5.92 Å². The second-order valence-corrected chi connectivity index (χ2v) is 7.94. The van der Waals surface area contributed by atoms with E-state index < -0.39 is 12.3 Å². The molecule has 1 saturated heterocycles. The molecule has 1 aliphatic heterocycles. The summed E-state index contributed by atoms with van der Waals surface area (Å²) in [5.74, 6) is 0.410. The van der Waals surface area contributed by atoms with Crippen molar-refractivity contribution in [2.45, 2.75) is 57.6 Å². The van der Waals surface area contributed by atoms with E-state index in [4.69, 9.17) is 5.11 Å². The van der Waals surface area contributed by atoms with Gasteiger partial charge in [0.1, 0.15) is 0 Å². The SMILES string of the molecule is C[C@@H](CCCOC(=O)O)CN1C(=O)CCC[C@@H]1/C=C/C(O)Cc1ccsc1. The number of carbonyl (C=O) groups is 2. The van der Waals surface area contributed by atoms with Gasteiger partial charge in [0.15, 0.2) is 0 Å². The number of rotatable bonds is 10. The van der Waals surface area contributed by atoms with E-state index in [1.54, 1.807) is 17.4 Å². The molecule has 0 aliphatic carbocycles. The normalized spacial score (nSPS) is 20.0. The van der Waals surface area contributed by atoms with E-state index >= 15 is 0 Å². The standard InChI is InChI=1S/C20H29NO5S/c1-15(4-3-10-26-20(24)25)13-21-17(5-2-6-19(21)23)7-8-18(22)12-16-9-11-27-14-16/h7-9,11,14-15,17-18,22H,2-6,10,12-13H2,1H3,(H,24,25)/b8-7+/t15-,17+,18?/m0/s1. The summed E-state index contributed by atoms with van der Waals surface area (Å²) in [6.07, 6.45) is 6.34. The van der Waals surface area contributed by atoms with Crippen molar-refractivity contribution >= 4 is 23.4 Å². The zero-order valence-electron chi connectivity index (χ0n) is 15.8. The van der Waals surface area contributed by atoms with Crippen LogP contribution >= 0.6 is 11.3 Å². The quantitative estimate of drug-likeness (QED) is 0.358. The minimum Gasteiger partial charge on any atom is -0.450 e. The van der Waals surface area contributed by atoms with Crippen molar-refractivity contribution in [3.63, 3.8) is 0 Å². The van der Waals surface area contributed by atoms with Crippen LogP contribution in [0.3, 0.4) is 0 Å². The minimum absolute atomic E-state index is 0.0149. The van der Waals surface area contributed by atoms with Gasteiger partial charge in [0.2, 0.25) is 5.91 Å². The van der Waals surface area contributed by atoms with Crippen LogP contribution in [0.15, 0.2) is 29.0 Å². The lowest BCUT2D eigenvalue weighted by atomic mass is 9.97. The Morgan fingerprint density at radius 1 is 1.52 bits per heavy atom. The largest absolute Gasteiger partial charge is 0.505 e. The Balaban J connectivity index is 1.84. The predicted octanol–water partition coefficient (Wildman–Crippen LogP) is 3.70. The van der Waals surface area contributed by atoms with Crippen LogP contribution < -0.4 is 0 Å². The summed E-state index contributed by atoms with van der Waals surface area (Å²) in [7, 11) is 0. The van der Waals surface area contributed by atoms with E-state index in [9.17, 15) is 14.7 Å². The topological polar surface area (TPSA) is 87.1 Å². The molecular formula is C20H29NO5S. The fraction of sp³-hybridized carbons (Fsp3) is 0.600. The molecule has 0 saturated carbocycles. The summed E-state index contributed by atoms with van der Waals surface area (Å²) < 4.78 is 4.53. The van der Waals surface area contributed by atoms with Crippen molar-refractivity contribution in [3.05, 3.63) is 34.5 Å². The summed E-state index contributed by atoms with van der Waals surface area (Å²) in [5.41, 5.74) is 1.12. The molecule has 2 heterocycles. The average molecular weight is 396 g/mol. The van der Waals surface area contributed by atoms with Crippen LogP contribution in [0.5, 0.6) is 0 Å². The Morgan fingerprint density at radius 3 is 3.04 bits per heavy atom. The van der Waals surface area contributed by atoms with Crippen LogP contribution in [0.25, 0.3) is 0 Å². The van der Waals surface area contributed by atoms with E-state index in [1.807, 2.05) is 27.8 Å². The maximum absolute atomic E-state index is 12.4. The lowest BCUT2D eigenvalue weighted by Gasteiger charge is -2.36. The lowest BCUT2D eigenvalue weighted by Crippen LogP contribution is -2.45. The number of aliphatic hydroxyl groups excluding tert-OH is 1. The van der Waals surface area contributed by atoms with Gasteiger partial charge in [0.05, 0.1) is 18.8 Å². The van der Waals surface area contributed by atoms with E-state index in [2.05, 4.69) is 11.7 Å². The number of thiophene rings is 1. The third kappa shape index (κ3) is 7.72. The first-order valence-electron chi connectivity index (χ1n) is 9.48. The van der Waals surface area contributed by atoms with E-state index in [-0.39, 0.29) is 24.5 Å². The molecule has 1 aromatic rings. The number of aliphatic hydroxyl groups is 1. The summed E-state index contributed by atoms with van der Waals surface area (Å²) in [6.45, 7) is 2.89. The molecule has 7 heteroatoms. The number of carboxylic acid groups (broad SMARTS) is 1. The van der Waals surface area contributed by atoms with Gasteiger partial charge in [-0.25, -0.2) is 4.79 Å². The third-order valence-corrected chi connectivity index (χ3v) is 5.50. The average Bonchev–Trinajstić information content (AvgIpc) is 3.12. The second-order valence-electron chi connectivity index (χ2n) is 7.16. The van der Waals surface area contributed by atoms with Gasteiger partial charge in [-0.2, -0.15) is 11.3 Å². The zero-order valence-corrected chi connectivity index (χ0v) is 16.6. The first kappa shape index (κ1) is 21.4. The monoisotopic (exact) mass is 395 g/mol. The first-order chi connectivity index (χ1) is 13.0. The summed E-state index contributed by atoms with van der Waals surface area (Å²) in [4.78, 5) is 24.7.